The molecule has 1 atom stereocenters. The van der Waals surface area contributed by atoms with Gasteiger partial charge >= 0.3 is 6.61 Å². The van der Waals surface area contributed by atoms with E-state index in [9.17, 15) is 13.6 Å². The molecule has 0 aliphatic rings. The Morgan fingerprint density at radius 3 is 2.64 bits per heavy atom. The summed E-state index contributed by atoms with van der Waals surface area (Å²) in [4.78, 5) is 11.7. The average Bonchev–Trinajstić information content (AvgIpc) is 2.45. The van der Waals surface area contributed by atoms with Crippen LogP contribution in [0.2, 0.25) is 0 Å². The first-order valence-electron chi connectivity index (χ1n) is 6.63. The van der Waals surface area contributed by atoms with Crippen LogP contribution in [0.3, 0.4) is 0 Å². The lowest BCUT2D eigenvalue weighted by atomic mass is 10.1. The number of alkyl halides is 2. The smallest absolute Gasteiger partial charge is 0.387 e. The van der Waals surface area contributed by atoms with Gasteiger partial charge in [0.1, 0.15) is 11.5 Å². The van der Waals surface area contributed by atoms with E-state index in [0.29, 0.717) is 17.7 Å². The fourth-order valence-corrected chi connectivity index (χ4v) is 1.79. The van der Waals surface area contributed by atoms with Gasteiger partial charge in [0.2, 0.25) is 5.91 Å². The number of hydrogen-bond acceptors (Lipinski definition) is 4. The summed E-state index contributed by atoms with van der Waals surface area (Å²) in [5.74, 6) is 0.150. The highest BCUT2D eigenvalue weighted by Crippen LogP contribution is 2.25. The van der Waals surface area contributed by atoms with Crippen molar-refractivity contribution in [2.45, 2.75) is 39.0 Å². The number of hydrogen-bond donors (Lipinski definition) is 2. The van der Waals surface area contributed by atoms with Crippen LogP contribution in [0, 0.1) is 0 Å². The van der Waals surface area contributed by atoms with Gasteiger partial charge < -0.3 is 20.5 Å². The van der Waals surface area contributed by atoms with Crippen molar-refractivity contribution in [2.24, 2.45) is 5.73 Å². The maximum absolute atomic E-state index is 12.3. The van der Waals surface area contributed by atoms with Crippen molar-refractivity contribution < 1.29 is 23.0 Å². The highest BCUT2D eigenvalue weighted by atomic mass is 35.5. The van der Waals surface area contributed by atoms with Crippen molar-refractivity contribution in [2.75, 3.05) is 7.11 Å². The second-order valence-corrected chi connectivity index (χ2v) is 4.47. The summed E-state index contributed by atoms with van der Waals surface area (Å²) >= 11 is 0. The van der Waals surface area contributed by atoms with E-state index < -0.39 is 12.7 Å². The normalized spacial score (nSPS) is 11.5. The lowest BCUT2D eigenvalue weighted by Gasteiger charge is -2.15. The molecule has 1 rings (SSSR count). The van der Waals surface area contributed by atoms with Crippen molar-refractivity contribution in [3.63, 3.8) is 0 Å². The van der Waals surface area contributed by atoms with Gasteiger partial charge in [-0.1, -0.05) is 13.3 Å². The largest absolute Gasteiger partial charge is 0.497 e. The highest BCUT2D eigenvalue weighted by molar-refractivity contribution is 5.85. The first kappa shape index (κ1) is 20.4. The number of ether oxygens (including phenoxy) is 2. The van der Waals surface area contributed by atoms with Gasteiger partial charge in [0.05, 0.1) is 13.2 Å². The predicted molar refractivity (Wildman–Crippen MR) is 81.6 cm³/mol. The molecule has 22 heavy (non-hydrogen) atoms. The van der Waals surface area contributed by atoms with Gasteiger partial charge in [-0.2, -0.15) is 8.78 Å². The summed E-state index contributed by atoms with van der Waals surface area (Å²) in [6, 6.07) is 3.80. The lowest BCUT2D eigenvalue weighted by Crippen LogP contribution is -2.40. The van der Waals surface area contributed by atoms with Gasteiger partial charge in [-0.15, -0.1) is 12.4 Å². The van der Waals surface area contributed by atoms with Crippen LogP contribution < -0.4 is 20.5 Å². The molecule has 0 fully saturated rings. The Kier molecular flexibility index (Phi) is 9.44. The van der Waals surface area contributed by atoms with Crippen LogP contribution in [0.15, 0.2) is 18.2 Å². The number of nitrogens with one attached hydrogen (secondary N) is 1. The molecule has 5 nitrogen and oxygen atoms in total. The Bertz CT molecular complexity index is 475. The molecule has 1 aromatic rings. The Labute approximate surface area is 134 Å². The van der Waals surface area contributed by atoms with Crippen LogP contribution in [0.25, 0.3) is 0 Å². The standard InChI is InChI=1S/C14H20F2N2O3.ClH/c1-3-4-11(17)13(19)18-8-9-7-10(20-2)5-6-12(9)21-14(15)16;/h5-7,11,14H,3-4,8,17H2,1-2H3,(H,18,19);1H. The van der Waals surface area contributed by atoms with Gasteiger partial charge in [-0.3, -0.25) is 4.79 Å². The quantitative estimate of drug-likeness (QED) is 0.763. The molecule has 0 saturated carbocycles. The third-order valence-electron chi connectivity index (χ3n) is 2.87. The molecular formula is C14H21ClF2N2O3. The summed E-state index contributed by atoms with van der Waals surface area (Å²) in [6.07, 6.45) is 1.35. The van der Waals surface area contributed by atoms with Crippen molar-refractivity contribution in [1.29, 1.82) is 0 Å². The monoisotopic (exact) mass is 338 g/mol. The zero-order chi connectivity index (χ0) is 15.8. The number of benzene rings is 1. The Balaban J connectivity index is 0.00000441. The molecule has 0 heterocycles. The number of rotatable bonds is 8. The maximum Gasteiger partial charge on any atom is 0.387 e. The van der Waals surface area contributed by atoms with E-state index in [2.05, 4.69) is 10.1 Å². The van der Waals surface area contributed by atoms with Crippen molar-refractivity contribution >= 4 is 18.3 Å². The molecule has 1 amide bonds. The molecule has 0 radical (unpaired) electrons. The van der Waals surface area contributed by atoms with Crippen LogP contribution in [-0.2, 0) is 11.3 Å². The van der Waals surface area contributed by atoms with E-state index in [-0.39, 0.29) is 30.6 Å². The van der Waals surface area contributed by atoms with E-state index >= 15 is 0 Å². The molecule has 1 unspecified atom stereocenters. The van der Waals surface area contributed by atoms with Crippen molar-refractivity contribution in [3.05, 3.63) is 23.8 Å². The Morgan fingerprint density at radius 1 is 1.41 bits per heavy atom. The minimum Gasteiger partial charge on any atom is -0.497 e. The first-order valence-corrected chi connectivity index (χ1v) is 6.63. The summed E-state index contributed by atoms with van der Waals surface area (Å²) < 4.78 is 34.1. The van der Waals surface area contributed by atoms with Crippen molar-refractivity contribution in [1.82, 2.24) is 5.32 Å². The zero-order valence-corrected chi connectivity index (χ0v) is 13.3. The molecular weight excluding hydrogens is 318 g/mol. The van der Waals surface area contributed by atoms with Gasteiger partial charge in [0.25, 0.3) is 0 Å². The van der Waals surface area contributed by atoms with Gasteiger partial charge in [-0.05, 0) is 24.6 Å². The Hall–Kier alpha value is -1.60. The van der Waals surface area contributed by atoms with E-state index in [1.807, 2.05) is 6.92 Å². The maximum atomic E-state index is 12.3. The van der Waals surface area contributed by atoms with Crippen LogP contribution in [0.1, 0.15) is 25.3 Å². The molecule has 0 aliphatic carbocycles. The molecule has 126 valence electrons. The minimum atomic E-state index is -2.94. The van der Waals surface area contributed by atoms with Crippen LogP contribution in [0.4, 0.5) is 8.78 Å². The van der Waals surface area contributed by atoms with Gasteiger partial charge in [0.15, 0.2) is 0 Å². The second kappa shape index (κ2) is 10.2. The topological polar surface area (TPSA) is 73.6 Å². The summed E-state index contributed by atoms with van der Waals surface area (Å²) in [5, 5.41) is 2.60. The molecule has 0 saturated heterocycles. The SMILES string of the molecule is CCCC(N)C(=O)NCc1cc(OC)ccc1OC(F)F.Cl. The highest BCUT2D eigenvalue weighted by Gasteiger charge is 2.15. The van der Waals surface area contributed by atoms with E-state index in [4.69, 9.17) is 10.5 Å². The minimum absolute atomic E-state index is 0. The number of halogens is 3. The van der Waals surface area contributed by atoms with E-state index in [1.54, 1.807) is 0 Å². The fraction of sp³-hybridized carbons (Fsp3) is 0.500. The van der Waals surface area contributed by atoms with Gasteiger partial charge in [-0.25, -0.2) is 0 Å². The predicted octanol–water partition coefficient (Wildman–Crippen LogP) is 2.46. The van der Waals surface area contributed by atoms with Crippen molar-refractivity contribution in [3.8, 4) is 11.5 Å². The molecule has 0 aromatic heterocycles. The van der Waals surface area contributed by atoms with Crippen LogP contribution in [-0.4, -0.2) is 25.7 Å². The van der Waals surface area contributed by atoms with E-state index in [1.165, 1.54) is 25.3 Å². The van der Waals surface area contributed by atoms with Gasteiger partial charge in [0, 0.05) is 12.1 Å². The number of carbonyl (C=O) groups is 1. The fourth-order valence-electron chi connectivity index (χ4n) is 1.79. The number of nitrogens with two attached hydrogens (primary N) is 1. The molecule has 0 bridgehead atoms. The third-order valence-corrected chi connectivity index (χ3v) is 2.87. The lowest BCUT2D eigenvalue weighted by molar-refractivity contribution is -0.122. The molecule has 0 aliphatic heterocycles. The molecule has 1 aromatic carbocycles. The second-order valence-electron chi connectivity index (χ2n) is 4.47. The zero-order valence-electron chi connectivity index (χ0n) is 12.5. The summed E-state index contributed by atoms with van der Waals surface area (Å²) in [7, 11) is 1.46. The molecule has 0 spiro atoms. The third kappa shape index (κ3) is 6.44. The number of methoxy groups -OCH3 is 1. The molecule has 8 heteroatoms. The first-order chi connectivity index (χ1) is 9.97. The molecule has 3 N–H and O–H groups in total. The summed E-state index contributed by atoms with van der Waals surface area (Å²) in [6.45, 7) is -0.977. The van der Waals surface area contributed by atoms with Crippen LogP contribution in [0.5, 0.6) is 11.5 Å². The summed E-state index contributed by atoms with van der Waals surface area (Å²) in [5.41, 5.74) is 6.07. The number of carbonyl (C=O) groups excluding carboxylic acids is 1. The Morgan fingerprint density at radius 2 is 2.09 bits per heavy atom. The van der Waals surface area contributed by atoms with Crippen LogP contribution >= 0.6 is 12.4 Å². The van der Waals surface area contributed by atoms with E-state index in [0.717, 1.165) is 6.42 Å². The number of amides is 1. The average molecular weight is 339 g/mol.